The Bertz CT molecular complexity index is 552. The van der Waals surface area contributed by atoms with Crippen molar-refractivity contribution in [3.8, 4) is 0 Å². The van der Waals surface area contributed by atoms with Gasteiger partial charge < -0.3 is 4.90 Å². The Hall–Kier alpha value is -1.76. The van der Waals surface area contributed by atoms with Gasteiger partial charge in [0.25, 0.3) is 0 Å². The van der Waals surface area contributed by atoms with Crippen molar-refractivity contribution in [3.05, 3.63) is 59.7 Å². The zero-order valence-corrected chi connectivity index (χ0v) is 10.6. The summed E-state index contributed by atoms with van der Waals surface area (Å²) >= 11 is 0. The highest BCUT2D eigenvalue weighted by atomic mass is 15.3. The molecule has 0 N–H and O–H groups in total. The molecular weight excluding hydrogens is 206 g/mol. The van der Waals surface area contributed by atoms with Crippen LogP contribution in [0.5, 0.6) is 0 Å². The van der Waals surface area contributed by atoms with Gasteiger partial charge >= 0.3 is 0 Å². The summed E-state index contributed by atoms with van der Waals surface area (Å²) < 4.78 is 0. The molecule has 86 valence electrons. The fourth-order valence-electron chi connectivity index (χ4n) is 2.71. The summed E-state index contributed by atoms with van der Waals surface area (Å²) in [6.45, 7) is 6.67. The minimum Gasteiger partial charge on any atom is -0.331 e. The predicted molar refractivity (Wildman–Crippen MR) is 72.8 cm³/mol. The molecule has 0 radical (unpaired) electrons. The highest BCUT2D eigenvalue weighted by molar-refractivity contribution is 5.78. The molecule has 3 rings (SSSR count). The Kier molecular flexibility index (Phi) is 2.06. The van der Waals surface area contributed by atoms with Crippen molar-refractivity contribution in [2.45, 2.75) is 26.3 Å². The third kappa shape index (κ3) is 1.39. The summed E-state index contributed by atoms with van der Waals surface area (Å²) in [5.74, 6) is 0. The molecule has 1 heteroatoms. The number of nitrogens with zero attached hydrogens (tertiary/aromatic N) is 1. The fraction of sp³-hybridized carbons (Fsp3) is 0.250. The van der Waals surface area contributed by atoms with Gasteiger partial charge in [0.15, 0.2) is 0 Å². The lowest BCUT2D eigenvalue weighted by molar-refractivity contribution is 0.485. The van der Waals surface area contributed by atoms with Gasteiger partial charge in [-0.25, -0.2) is 0 Å². The van der Waals surface area contributed by atoms with E-state index < -0.39 is 0 Å². The van der Waals surface area contributed by atoms with Crippen LogP contribution < -0.4 is 4.90 Å². The molecule has 0 fully saturated rings. The summed E-state index contributed by atoms with van der Waals surface area (Å²) in [7, 11) is 0. The predicted octanol–water partition coefficient (Wildman–Crippen LogP) is 4.38. The maximum Gasteiger partial charge on any atom is 0.0666 e. The topological polar surface area (TPSA) is 3.24 Å². The minimum atomic E-state index is 0.103. The Morgan fingerprint density at radius 1 is 0.882 bits per heavy atom. The number of para-hydroxylation sites is 1. The molecule has 0 atom stereocenters. The van der Waals surface area contributed by atoms with Crippen molar-refractivity contribution in [1.29, 1.82) is 0 Å². The molecule has 0 unspecified atom stereocenters. The first kappa shape index (κ1) is 10.4. The lowest BCUT2D eigenvalue weighted by Crippen LogP contribution is -2.47. The Balaban J connectivity index is 2.09. The average molecular weight is 223 g/mol. The van der Waals surface area contributed by atoms with E-state index in [9.17, 15) is 0 Å². The second-order valence-corrected chi connectivity index (χ2v) is 5.25. The second kappa shape index (κ2) is 3.36. The van der Waals surface area contributed by atoms with Gasteiger partial charge in [0.05, 0.1) is 5.54 Å². The maximum atomic E-state index is 2.40. The van der Waals surface area contributed by atoms with Crippen molar-refractivity contribution >= 4 is 11.4 Å². The third-order valence-corrected chi connectivity index (χ3v) is 3.66. The number of hydrogen-bond donors (Lipinski definition) is 0. The van der Waals surface area contributed by atoms with E-state index in [0.29, 0.717) is 0 Å². The smallest absolute Gasteiger partial charge is 0.0666 e. The SMILES string of the molecule is Cc1ccc(N2c3ccccc3C2(C)C)cc1. The third-order valence-electron chi connectivity index (χ3n) is 3.66. The molecule has 1 aliphatic heterocycles. The van der Waals surface area contributed by atoms with Crippen LogP contribution in [0.1, 0.15) is 25.0 Å². The van der Waals surface area contributed by atoms with Gasteiger partial charge in [0, 0.05) is 16.9 Å². The molecule has 0 amide bonds. The summed E-state index contributed by atoms with van der Waals surface area (Å²) in [6, 6.07) is 17.4. The molecule has 0 aromatic heterocycles. The Morgan fingerprint density at radius 3 is 2.24 bits per heavy atom. The monoisotopic (exact) mass is 223 g/mol. The average Bonchev–Trinajstić information content (AvgIpc) is 2.32. The van der Waals surface area contributed by atoms with Crippen molar-refractivity contribution in [1.82, 2.24) is 0 Å². The maximum absolute atomic E-state index is 2.40. The first-order valence-corrected chi connectivity index (χ1v) is 6.07. The van der Waals surface area contributed by atoms with E-state index in [1.807, 2.05) is 0 Å². The summed E-state index contributed by atoms with van der Waals surface area (Å²) in [5.41, 5.74) is 5.45. The van der Waals surface area contributed by atoms with E-state index in [4.69, 9.17) is 0 Å². The van der Waals surface area contributed by atoms with Crippen LogP contribution in [0.4, 0.5) is 11.4 Å². The van der Waals surface area contributed by atoms with Gasteiger partial charge in [0.2, 0.25) is 0 Å². The Morgan fingerprint density at radius 2 is 1.53 bits per heavy atom. The normalized spacial score (nSPS) is 16.3. The second-order valence-electron chi connectivity index (χ2n) is 5.25. The summed E-state index contributed by atoms with van der Waals surface area (Å²) in [4.78, 5) is 2.40. The number of fused-ring (bicyclic) bond motifs is 1. The highest BCUT2D eigenvalue weighted by Crippen LogP contribution is 2.51. The van der Waals surface area contributed by atoms with Crippen molar-refractivity contribution in [2.75, 3.05) is 4.90 Å². The zero-order chi connectivity index (χ0) is 12.0. The van der Waals surface area contributed by atoms with Crippen LogP contribution in [-0.4, -0.2) is 0 Å². The van der Waals surface area contributed by atoms with E-state index >= 15 is 0 Å². The lowest BCUT2D eigenvalue weighted by Gasteiger charge is -2.51. The van der Waals surface area contributed by atoms with Crippen LogP contribution in [-0.2, 0) is 5.54 Å². The van der Waals surface area contributed by atoms with Crippen LogP contribution in [0.25, 0.3) is 0 Å². The van der Waals surface area contributed by atoms with E-state index in [-0.39, 0.29) is 5.54 Å². The molecule has 1 aliphatic rings. The first-order valence-electron chi connectivity index (χ1n) is 6.07. The quantitative estimate of drug-likeness (QED) is 0.693. The van der Waals surface area contributed by atoms with Crippen LogP contribution in [0.2, 0.25) is 0 Å². The van der Waals surface area contributed by atoms with Gasteiger partial charge in [-0.05, 0) is 39.0 Å². The highest BCUT2D eigenvalue weighted by Gasteiger charge is 2.42. The zero-order valence-electron chi connectivity index (χ0n) is 10.6. The molecular formula is C16H17N. The van der Waals surface area contributed by atoms with Crippen LogP contribution >= 0.6 is 0 Å². The molecule has 0 saturated heterocycles. The van der Waals surface area contributed by atoms with E-state index in [0.717, 1.165) is 0 Å². The van der Waals surface area contributed by atoms with Gasteiger partial charge in [-0.1, -0.05) is 35.9 Å². The van der Waals surface area contributed by atoms with Crippen LogP contribution in [0.3, 0.4) is 0 Å². The Labute approximate surface area is 103 Å². The summed E-state index contributed by atoms with van der Waals surface area (Å²) in [5, 5.41) is 0. The standard InChI is InChI=1S/C16H17N/c1-12-8-10-13(11-9-12)17-15-7-5-4-6-14(15)16(17,2)3/h4-11H,1-3H3. The van der Waals surface area contributed by atoms with Gasteiger partial charge in [-0.3, -0.25) is 0 Å². The summed E-state index contributed by atoms with van der Waals surface area (Å²) in [6.07, 6.45) is 0. The molecule has 0 spiro atoms. The van der Waals surface area contributed by atoms with E-state index in [1.54, 1.807) is 0 Å². The number of aryl methyl sites for hydroxylation is 1. The molecule has 1 heterocycles. The van der Waals surface area contributed by atoms with Gasteiger partial charge in [-0.15, -0.1) is 0 Å². The molecule has 17 heavy (non-hydrogen) atoms. The number of hydrogen-bond acceptors (Lipinski definition) is 1. The lowest BCUT2D eigenvalue weighted by atomic mass is 9.81. The molecule has 0 aliphatic carbocycles. The molecule has 0 bridgehead atoms. The first-order chi connectivity index (χ1) is 8.10. The molecule has 1 nitrogen and oxygen atoms in total. The van der Waals surface area contributed by atoms with Crippen molar-refractivity contribution in [2.24, 2.45) is 0 Å². The van der Waals surface area contributed by atoms with Gasteiger partial charge in [0.1, 0.15) is 0 Å². The van der Waals surface area contributed by atoms with Crippen LogP contribution in [0, 0.1) is 6.92 Å². The van der Waals surface area contributed by atoms with E-state index in [2.05, 4.69) is 74.2 Å². The number of rotatable bonds is 1. The van der Waals surface area contributed by atoms with Crippen LogP contribution in [0.15, 0.2) is 48.5 Å². The number of anilines is 2. The van der Waals surface area contributed by atoms with Crippen molar-refractivity contribution in [3.63, 3.8) is 0 Å². The minimum absolute atomic E-state index is 0.103. The largest absolute Gasteiger partial charge is 0.331 e. The van der Waals surface area contributed by atoms with Crippen molar-refractivity contribution < 1.29 is 0 Å². The van der Waals surface area contributed by atoms with E-state index in [1.165, 1.54) is 22.5 Å². The molecule has 2 aromatic carbocycles. The molecule has 2 aromatic rings. The number of benzene rings is 2. The molecule has 0 saturated carbocycles. The van der Waals surface area contributed by atoms with Gasteiger partial charge in [-0.2, -0.15) is 0 Å². The fourth-order valence-corrected chi connectivity index (χ4v) is 2.71.